The number of hydrogen-bond acceptors (Lipinski definition) is 4. The Morgan fingerprint density at radius 3 is 2.39 bits per heavy atom. The van der Waals surface area contributed by atoms with Crippen LogP contribution in [0, 0.1) is 11.6 Å². The van der Waals surface area contributed by atoms with Crippen molar-refractivity contribution in [2.45, 2.75) is 29.5 Å². The quantitative estimate of drug-likeness (QED) is 0.807. The molecule has 28 heavy (non-hydrogen) atoms. The van der Waals surface area contributed by atoms with E-state index in [9.17, 15) is 27.1 Å². The van der Waals surface area contributed by atoms with Crippen molar-refractivity contribution in [1.82, 2.24) is 4.31 Å². The molecule has 0 bridgehead atoms. The van der Waals surface area contributed by atoms with Gasteiger partial charge in [0.15, 0.2) is 0 Å². The molecule has 1 saturated heterocycles. The third-order valence-electron chi connectivity index (χ3n) is 4.67. The molecule has 0 aliphatic carbocycles. The van der Waals surface area contributed by atoms with Gasteiger partial charge in [0.1, 0.15) is 17.7 Å². The van der Waals surface area contributed by atoms with Crippen molar-refractivity contribution in [3.63, 3.8) is 0 Å². The van der Waals surface area contributed by atoms with Crippen LogP contribution < -0.4 is 0 Å². The van der Waals surface area contributed by atoms with E-state index in [1.807, 2.05) is 0 Å². The molecule has 0 saturated carbocycles. The third-order valence-corrected chi connectivity index (χ3v) is 7.90. The van der Waals surface area contributed by atoms with Gasteiger partial charge >= 0.3 is 5.97 Å². The van der Waals surface area contributed by atoms with E-state index in [1.165, 1.54) is 42.1 Å². The molecule has 2 aromatic rings. The maximum absolute atomic E-state index is 14.0. The van der Waals surface area contributed by atoms with Crippen molar-refractivity contribution in [1.29, 1.82) is 0 Å². The fraction of sp³-hybridized carbons (Fsp3) is 0.316. The first-order valence-electron chi connectivity index (χ1n) is 8.48. The third kappa shape index (κ3) is 3.78. The summed E-state index contributed by atoms with van der Waals surface area (Å²) in [6.07, 6.45) is 0. The fourth-order valence-corrected chi connectivity index (χ4v) is 6.39. The highest BCUT2D eigenvalue weighted by molar-refractivity contribution is 8.00. The summed E-state index contributed by atoms with van der Waals surface area (Å²) >= 11 is 1.42. The Bertz CT molecular complexity index is 1010. The van der Waals surface area contributed by atoms with Crippen molar-refractivity contribution in [2.75, 3.05) is 12.3 Å². The molecule has 3 rings (SSSR count). The van der Waals surface area contributed by atoms with Crippen LogP contribution in [-0.4, -0.2) is 46.9 Å². The second-order valence-electron chi connectivity index (χ2n) is 6.96. The molecule has 1 aliphatic heterocycles. The van der Waals surface area contributed by atoms with Crippen LogP contribution in [0.2, 0.25) is 0 Å². The molecule has 5 nitrogen and oxygen atoms in total. The normalized spacial score (nSPS) is 20.1. The SMILES string of the molecule is CC1(C)SCCN(S(=O)(=O)c2ccc(-c3ccc(F)cc3F)cc2)[C@H]1C(=O)O. The number of carbonyl (C=O) groups is 1. The molecule has 1 atom stereocenters. The minimum Gasteiger partial charge on any atom is -0.480 e. The van der Waals surface area contributed by atoms with Crippen molar-refractivity contribution in [3.05, 3.63) is 54.1 Å². The van der Waals surface area contributed by atoms with Crippen molar-refractivity contribution in [3.8, 4) is 11.1 Å². The summed E-state index contributed by atoms with van der Waals surface area (Å²) in [4.78, 5) is 11.7. The molecule has 9 heteroatoms. The number of carboxylic acids is 1. The van der Waals surface area contributed by atoms with Crippen LogP contribution in [0.5, 0.6) is 0 Å². The van der Waals surface area contributed by atoms with E-state index in [0.29, 0.717) is 11.3 Å². The summed E-state index contributed by atoms with van der Waals surface area (Å²) in [5.74, 6) is -2.18. The Morgan fingerprint density at radius 1 is 1.18 bits per heavy atom. The number of rotatable bonds is 4. The fourth-order valence-electron chi connectivity index (χ4n) is 3.30. The molecule has 0 radical (unpaired) electrons. The Hall–Kier alpha value is -1.97. The summed E-state index contributed by atoms with van der Waals surface area (Å²) < 4.78 is 53.4. The van der Waals surface area contributed by atoms with E-state index < -0.39 is 38.4 Å². The maximum atomic E-state index is 14.0. The predicted molar refractivity (Wildman–Crippen MR) is 104 cm³/mol. The second-order valence-corrected chi connectivity index (χ2v) is 10.6. The van der Waals surface area contributed by atoms with Gasteiger partial charge in [0.05, 0.1) is 4.90 Å². The van der Waals surface area contributed by atoms with E-state index in [4.69, 9.17) is 0 Å². The van der Waals surface area contributed by atoms with E-state index in [0.717, 1.165) is 16.4 Å². The van der Waals surface area contributed by atoms with Crippen LogP contribution >= 0.6 is 11.8 Å². The number of hydrogen-bond donors (Lipinski definition) is 1. The first-order valence-corrected chi connectivity index (χ1v) is 10.9. The van der Waals surface area contributed by atoms with E-state index in [-0.39, 0.29) is 17.0 Å². The molecular formula is C19H19F2NO4S2. The number of nitrogens with zero attached hydrogens (tertiary/aromatic N) is 1. The average molecular weight is 427 g/mol. The zero-order valence-corrected chi connectivity index (χ0v) is 16.9. The Kier molecular flexibility index (Phi) is 5.53. The van der Waals surface area contributed by atoms with Gasteiger partial charge in [-0.05, 0) is 43.7 Å². The second kappa shape index (κ2) is 7.46. The summed E-state index contributed by atoms with van der Waals surface area (Å²) in [5.41, 5.74) is 0.532. The minimum absolute atomic E-state index is 0.0762. The molecule has 0 amide bonds. The van der Waals surface area contributed by atoms with Gasteiger partial charge in [-0.15, -0.1) is 0 Å². The number of carboxylic acid groups (broad SMARTS) is 1. The smallest absolute Gasteiger partial charge is 0.323 e. The summed E-state index contributed by atoms with van der Waals surface area (Å²) in [5, 5.41) is 9.61. The molecule has 1 fully saturated rings. The van der Waals surface area contributed by atoms with E-state index in [1.54, 1.807) is 13.8 Å². The molecule has 0 unspecified atom stereocenters. The molecular weight excluding hydrogens is 408 g/mol. The van der Waals surface area contributed by atoms with Crippen LogP contribution in [0.3, 0.4) is 0 Å². The van der Waals surface area contributed by atoms with Gasteiger partial charge in [-0.2, -0.15) is 16.1 Å². The summed E-state index contributed by atoms with van der Waals surface area (Å²) in [6, 6.07) is 7.40. The highest BCUT2D eigenvalue weighted by Gasteiger charge is 2.48. The predicted octanol–water partition coefficient (Wildman–Crippen LogP) is 3.60. The highest BCUT2D eigenvalue weighted by Crippen LogP contribution is 2.38. The average Bonchev–Trinajstić information content (AvgIpc) is 2.60. The minimum atomic E-state index is -4.06. The number of thioether (sulfide) groups is 1. The van der Waals surface area contributed by atoms with Gasteiger partial charge in [-0.3, -0.25) is 4.79 Å². The number of benzene rings is 2. The van der Waals surface area contributed by atoms with Gasteiger partial charge in [0.2, 0.25) is 10.0 Å². The van der Waals surface area contributed by atoms with Crippen LogP contribution in [0.4, 0.5) is 8.78 Å². The lowest BCUT2D eigenvalue weighted by Gasteiger charge is -2.42. The maximum Gasteiger partial charge on any atom is 0.323 e. The Morgan fingerprint density at radius 2 is 1.82 bits per heavy atom. The lowest BCUT2D eigenvalue weighted by molar-refractivity contribution is -0.142. The topological polar surface area (TPSA) is 74.7 Å². The monoisotopic (exact) mass is 427 g/mol. The van der Waals surface area contributed by atoms with Crippen LogP contribution in [0.1, 0.15) is 13.8 Å². The lowest BCUT2D eigenvalue weighted by Crippen LogP contribution is -2.58. The van der Waals surface area contributed by atoms with Crippen LogP contribution in [0.25, 0.3) is 11.1 Å². The van der Waals surface area contributed by atoms with Crippen LogP contribution in [-0.2, 0) is 14.8 Å². The van der Waals surface area contributed by atoms with Crippen molar-refractivity contribution in [2.24, 2.45) is 0 Å². The summed E-state index contributed by atoms with van der Waals surface area (Å²) in [6.45, 7) is 3.50. The molecule has 2 aromatic carbocycles. The van der Waals surface area contributed by atoms with Crippen molar-refractivity contribution < 1.29 is 27.1 Å². The van der Waals surface area contributed by atoms with Crippen LogP contribution in [0.15, 0.2) is 47.4 Å². The number of aliphatic carboxylic acids is 1. The first kappa shape index (κ1) is 20.8. The summed E-state index contributed by atoms with van der Waals surface area (Å²) in [7, 11) is -4.06. The highest BCUT2D eigenvalue weighted by atomic mass is 32.2. The zero-order chi connectivity index (χ0) is 20.7. The van der Waals surface area contributed by atoms with Gasteiger partial charge in [0.25, 0.3) is 0 Å². The standard InChI is InChI=1S/C19H19F2NO4S2/c1-19(2)17(18(23)24)22(9-10-27-19)28(25,26)14-6-3-12(4-7-14)15-8-5-13(20)11-16(15)21/h3-8,11,17H,9-10H2,1-2H3,(H,23,24)/t17-/m0/s1. The van der Waals surface area contributed by atoms with E-state index >= 15 is 0 Å². The first-order chi connectivity index (χ1) is 13.0. The molecule has 1 heterocycles. The molecule has 0 aromatic heterocycles. The number of halogens is 2. The molecule has 150 valence electrons. The Labute approximate surface area is 166 Å². The molecule has 0 spiro atoms. The van der Waals surface area contributed by atoms with Gasteiger partial charge in [-0.1, -0.05) is 12.1 Å². The largest absolute Gasteiger partial charge is 0.480 e. The zero-order valence-electron chi connectivity index (χ0n) is 15.2. The van der Waals surface area contributed by atoms with Gasteiger partial charge in [-0.25, -0.2) is 17.2 Å². The van der Waals surface area contributed by atoms with Gasteiger partial charge < -0.3 is 5.11 Å². The molecule has 1 aliphatic rings. The van der Waals surface area contributed by atoms with E-state index in [2.05, 4.69) is 0 Å². The number of sulfonamides is 1. The van der Waals surface area contributed by atoms with Gasteiger partial charge in [0, 0.05) is 28.7 Å². The lowest BCUT2D eigenvalue weighted by atomic mass is 10.0. The molecule has 1 N–H and O–H groups in total. The van der Waals surface area contributed by atoms with Crippen molar-refractivity contribution >= 4 is 27.8 Å². The Balaban J connectivity index is 1.97.